The van der Waals surface area contributed by atoms with E-state index in [4.69, 9.17) is 0 Å². The van der Waals surface area contributed by atoms with E-state index < -0.39 is 0 Å². The van der Waals surface area contributed by atoms with Crippen LogP contribution in [0, 0.1) is 26.7 Å². The topological polar surface area (TPSA) is 88.9 Å². The minimum atomic E-state index is -0.0849. The summed E-state index contributed by atoms with van der Waals surface area (Å²) in [6.45, 7) is 6.90. The van der Waals surface area contributed by atoms with E-state index in [2.05, 4.69) is 46.0 Å². The summed E-state index contributed by atoms with van der Waals surface area (Å²) in [5.74, 6) is 1.22. The van der Waals surface area contributed by atoms with Gasteiger partial charge in [-0.1, -0.05) is 36.7 Å². The SMILES string of the molecule is Cc1ccc(C)c(-n2c(C)nnc2SCC(=O)NCCNC(=O)C2CCCC2)c1. The van der Waals surface area contributed by atoms with Gasteiger partial charge in [-0.25, -0.2) is 0 Å². The van der Waals surface area contributed by atoms with Crippen LogP contribution >= 0.6 is 11.8 Å². The van der Waals surface area contributed by atoms with Crippen LogP contribution in [-0.2, 0) is 9.59 Å². The predicted octanol–water partition coefficient (Wildman–Crippen LogP) is 2.71. The van der Waals surface area contributed by atoms with Crippen LogP contribution in [0.5, 0.6) is 0 Å². The molecule has 0 spiro atoms. The maximum atomic E-state index is 12.2. The summed E-state index contributed by atoms with van der Waals surface area (Å²) in [6, 6.07) is 6.25. The minimum Gasteiger partial charge on any atom is -0.354 e. The summed E-state index contributed by atoms with van der Waals surface area (Å²) >= 11 is 1.36. The molecule has 0 radical (unpaired) electrons. The fourth-order valence-corrected chi connectivity index (χ4v) is 4.40. The number of hydrogen-bond acceptors (Lipinski definition) is 5. The normalized spacial score (nSPS) is 14.2. The van der Waals surface area contributed by atoms with Crippen LogP contribution < -0.4 is 10.6 Å². The van der Waals surface area contributed by atoms with Crippen molar-refractivity contribution in [2.24, 2.45) is 5.92 Å². The highest BCUT2D eigenvalue weighted by Crippen LogP contribution is 2.25. The van der Waals surface area contributed by atoms with Gasteiger partial charge in [-0.05, 0) is 50.8 Å². The standard InChI is InChI=1S/C21H29N5O2S/c1-14-8-9-15(2)18(12-14)26-16(3)24-25-21(26)29-13-19(27)22-10-11-23-20(28)17-6-4-5-7-17/h8-9,12,17H,4-7,10-11,13H2,1-3H3,(H,22,27)(H,23,28). The second-order valence-electron chi connectivity index (χ2n) is 7.57. The van der Waals surface area contributed by atoms with Crippen molar-refractivity contribution < 1.29 is 9.59 Å². The summed E-state index contributed by atoms with van der Waals surface area (Å²) in [4.78, 5) is 24.2. The Morgan fingerprint density at radius 2 is 1.83 bits per heavy atom. The molecule has 1 saturated carbocycles. The van der Waals surface area contributed by atoms with Crippen LogP contribution in [0.3, 0.4) is 0 Å². The largest absolute Gasteiger partial charge is 0.354 e. The lowest BCUT2D eigenvalue weighted by Gasteiger charge is -2.12. The summed E-state index contributed by atoms with van der Waals surface area (Å²) in [5, 5.41) is 14.9. The smallest absolute Gasteiger partial charge is 0.230 e. The Kier molecular flexibility index (Phi) is 7.30. The Balaban J connectivity index is 1.48. The second kappa shape index (κ2) is 9.91. The average Bonchev–Trinajstić information content (AvgIpc) is 3.35. The second-order valence-corrected chi connectivity index (χ2v) is 8.51. The van der Waals surface area contributed by atoms with E-state index in [-0.39, 0.29) is 23.5 Å². The molecule has 1 aliphatic carbocycles. The maximum absolute atomic E-state index is 12.2. The Morgan fingerprint density at radius 3 is 2.59 bits per heavy atom. The van der Waals surface area contributed by atoms with E-state index in [1.165, 1.54) is 11.8 Å². The zero-order chi connectivity index (χ0) is 20.8. The average molecular weight is 416 g/mol. The molecule has 0 aliphatic heterocycles. The van der Waals surface area contributed by atoms with Gasteiger partial charge in [-0.2, -0.15) is 0 Å². The van der Waals surface area contributed by atoms with Crippen molar-refractivity contribution in [3.63, 3.8) is 0 Å². The van der Waals surface area contributed by atoms with Crippen LogP contribution in [0.25, 0.3) is 5.69 Å². The summed E-state index contributed by atoms with van der Waals surface area (Å²) in [6.07, 6.45) is 4.24. The quantitative estimate of drug-likeness (QED) is 0.511. The van der Waals surface area contributed by atoms with Gasteiger partial charge in [0.1, 0.15) is 5.82 Å². The molecule has 0 unspecified atom stereocenters. The number of nitrogens with zero attached hydrogens (tertiary/aromatic N) is 3. The first kappa shape index (κ1) is 21.4. The van der Waals surface area contributed by atoms with Crippen LogP contribution in [0.2, 0.25) is 0 Å². The molecule has 29 heavy (non-hydrogen) atoms. The zero-order valence-electron chi connectivity index (χ0n) is 17.3. The third-order valence-electron chi connectivity index (χ3n) is 5.21. The molecule has 0 bridgehead atoms. The van der Waals surface area contributed by atoms with Gasteiger partial charge >= 0.3 is 0 Å². The molecule has 8 heteroatoms. The number of aryl methyl sites for hydroxylation is 3. The number of benzene rings is 1. The first-order valence-corrected chi connectivity index (χ1v) is 11.1. The number of amides is 2. The van der Waals surface area contributed by atoms with E-state index in [9.17, 15) is 9.59 Å². The molecule has 156 valence electrons. The maximum Gasteiger partial charge on any atom is 0.230 e. The fourth-order valence-electron chi connectivity index (χ4n) is 3.58. The first-order valence-electron chi connectivity index (χ1n) is 10.1. The minimum absolute atomic E-state index is 0.0849. The molecule has 2 N–H and O–H groups in total. The van der Waals surface area contributed by atoms with Gasteiger partial charge in [0.15, 0.2) is 5.16 Å². The third-order valence-corrected chi connectivity index (χ3v) is 6.13. The van der Waals surface area contributed by atoms with Gasteiger partial charge in [-0.15, -0.1) is 10.2 Å². The van der Waals surface area contributed by atoms with Crippen LogP contribution in [-0.4, -0.2) is 45.4 Å². The zero-order valence-corrected chi connectivity index (χ0v) is 18.1. The van der Waals surface area contributed by atoms with Crippen molar-refractivity contribution in [2.75, 3.05) is 18.8 Å². The molecule has 2 amide bonds. The van der Waals surface area contributed by atoms with Gasteiger partial charge in [0.25, 0.3) is 0 Å². The van der Waals surface area contributed by atoms with Crippen molar-refractivity contribution in [3.8, 4) is 5.69 Å². The van der Waals surface area contributed by atoms with E-state index in [0.29, 0.717) is 18.2 Å². The Labute approximate surface area is 176 Å². The van der Waals surface area contributed by atoms with Crippen molar-refractivity contribution in [2.45, 2.75) is 51.6 Å². The van der Waals surface area contributed by atoms with Crippen LogP contribution in [0.1, 0.15) is 42.6 Å². The molecule has 2 aromatic rings. The highest BCUT2D eigenvalue weighted by Gasteiger charge is 2.22. The summed E-state index contributed by atoms with van der Waals surface area (Å²) in [5.41, 5.74) is 3.32. The van der Waals surface area contributed by atoms with E-state index >= 15 is 0 Å². The molecular formula is C21H29N5O2S. The van der Waals surface area contributed by atoms with Crippen molar-refractivity contribution in [1.82, 2.24) is 25.4 Å². The summed E-state index contributed by atoms with van der Waals surface area (Å²) < 4.78 is 1.99. The van der Waals surface area contributed by atoms with Gasteiger partial charge in [-0.3, -0.25) is 14.2 Å². The molecule has 1 fully saturated rings. The fraction of sp³-hybridized carbons (Fsp3) is 0.524. The number of thioether (sulfide) groups is 1. The van der Waals surface area contributed by atoms with Gasteiger partial charge in [0.2, 0.25) is 11.8 Å². The van der Waals surface area contributed by atoms with E-state index in [0.717, 1.165) is 48.3 Å². The molecule has 1 heterocycles. The number of nitrogens with one attached hydrogen (secondary N) is 2. The lowest BCUT2D eigenvalue weighted by molar-refractivity contribution is -0.125. The lowest BCUT2D eigenvalue weighted by atomic mass is 10.1. The van der Waals surface area contributed by atoms with Gasteiger partial charge in [0.05, 0.1) is 11.4 Å². The molecule has 1 aliphatic rings. The molecule has 1 aromatic heterocycles. The van der Waals surface area contributed by atoms with Crippen molar-refractivity contribution in [1.29, 1.82) is 0 Å². The Hall–Kier alpha value is -2.35. The van der Waals surface area contributed by atoms with Crippen LogP contribution in [0.15, 0.2) is 23.4 Å². The van der Waals surface area contributed by atoms with Gasteiger partial charge in [0, 0.05) is 19.0 Å². The number of rotatable bonds is 8. The number of aromatic nitrogens is 3. The molecule has 0 saturated heterocycles. The van der Waals surface area contributed by atoms with E-state index in [1.807, 2.05) is 18.4 Å². The number of hydrogen-bond donors (Lipinski definition) is 2. The molecular weight excluding hydrogens is 386 g/mol. The lowest BCUT2D eigenvalue weighted by Crippen LogP contribution is -2.37. The van der Waals surface area contributed by atoms with E-state index in [1.54, 1.807) is 0 Å². The van der Waals surface area contributed by atoms with Crippen LogP contribution in [0.4, 0.5) is 0 Å². The van der Waals surface area contributed by atoms with Crippen molar-refractivity contribution in [3.05, 3.63) is 35.2 Å². The number of carbonyl (C=O) groups is 2. The first-order chi connectivity index (χ1) is 14.0. The monoisotopic (exact) mass is 415 g/mol. The molecule has 0 atom stereocenters. The molecule has 3 rings (SSSR count). The highest BCUT2D eigenvalue weighted by atomic mass is 32.2. The highest BCUT2D eigenvalue weighted by molar-refractivity contribution is 7.99. The third kappa shape index (κ3) is 5.59. The predicted molar refractivity (Wildman–Crippen MR) is 114 cm³/mol. The molecule has 7 nitrogen and oxygen atoms in total. The van der Waals surface area contributed by atoms with Crippen molar-refractivity contribution >= 4 is 23.6 Å². The number of carbonyl (C=O) groups excluding carboxylic acids is 2. The Bertz CT molecular complexity index is 874. The molecule has 1 aromatic carbocycles. The summed E-state index contributed by atoms with van der Waals surface area (Å²) in [7, 11) is 0. The van der Waals surface area contributed by atoms with Gasteiger partial charge < -0.3 is 10.6 Å². The Morgan fingerprint density at radius 1 is 1.10 bits per heavy atom.